The second-order valence-corrected chi connectivity index (χ2v) is 13.4. The van der Waals surface area contributed by atoms with Gasteiger partial charge in [-0.3, -0.25) is 0 Å². The number of benzene rings is 1. The Balaban J connectivity index is 1.17. The molecule has 4 aliphatic rings. The molecule has 0 aliphatic heterocycles. The highest BCUT2D eigenvalue weighted by molar-refractivity contribution is 5.77. The van der Waals surface area contributed by atoms with Gasteiger partial charge in [-0.1, -0.05) is 32.9 Å². The van der Waals surface area contributed by atoms with E-state index in [1.54, 1.807) is 12.3 Å². The standard InChI is InChI=1S/C31H43FN2O2/c1-18(7-10-27-33-17-19-5-4-6-25(32)29(19)34-27)22-8-9-23-28-24(12-14-31(22,23)3)30(2)13-11-21(35)15-20(30)16-26(28)36/h4-6,17-18,20-24,26,28,35-36H,7-16H2,1-3H3/t18-,20+,21-,22-,23+,24?,26+,28+,30+,31-/m1/s1. The zero-order valence-electron chi connectivity index (χ0n) is 22.2. The van der Waals surface area contributed by atoms with E-state index in [0.717, 1.165) is 49.7 Å². The van der Waals surface area contributed by atoms with Gasteiger partial charge in [0.25, 0.3) is 0 Å². The maximum absolute atomic E-state index is 14.2. The van der Waals surface area contributed by atoms with Crippen LogP contribution in [0.4, 0.5) is 4.39 Å². The summed E-state index contributed by atoms with van der Waals surface area (Å²) in [4.78, 5) is 9.08. The van der Waals surface area contributed by atoms with Crippen LogP contribution >= 0.6 is 0 Å². The van der Waals surface area contributed by atoms with E-state index in [2.05, 4.69) is 30.7 Å². The summed E-state index contributed by atoms with van der Waals surface area (Å²) < 4.78 is 14.2. The Kier molecular flexibility index (Phi) is 6.19. The summed E-state index contributed by atoms with van der Waals surface area (Å²) in [5.74, 6) is 3.71. The van der Waals surface area contributed by atoms with Crippen LogP contribution < -0.4 is 0 Å². The van der Waals surface area contributed by atoms with Gasteiger partial charge in [0.05, 0.1) is 12.2 Å². The summed E-state index contributed by atoms with van der Waals surface area (Å²) in [7, 11) is 0. The van der Waals surface area contributed by atoms with Crippen molar-refractivity contribution in [2.24, 2.45) is 46.3 Å². The number of hydrogen-bond donors (Lipinski definition) is 2. The van der Waals surface area contributed by atoms with E-state index in [4.69, 9.17) is 0 Å². The normalized spacial score (nSPS) is 43.0. The molecule has 5 heteroatoms. The molecule has 1 aromatic heterocycles. The number of fused-ring (bicyclic) bond motifs is 6. The Labute approximate surface area is 215 Å². The van der Waals surface area contributed by atoms with Gasteiger partial charge < -0.3 is 10.2 Å². The van der Waals surface area contributed by atoms with E-state index in [-0.39, 0.29) is 28.9 Å². The molecule has 10 atom stereocenters. The lowest BCUT2D eigenvalue weighted by molar-refractivity contribution is -0.174. The van der Waals surface area contributed by atoms with Gasteiger partial charge >= 0.3 is 0 Å². The number of aryl methyl sites for hydroxylation is 1. The van der Waals surface area contributed by atoms with Gasteiger partial charge in [-0.2, -0.15) is 0 Å². The number of aliphatic hydroxyl groups excluding tert-OH is 2. The average molecular weight is 495 g/mol. The monoisotopic (exact) mass is 494 g/mol. The van der Waals surface area contributed by atoms with Gasteiger partial charge in [0, 0.05) is 18.0 Å². The van der Waals surface area contributed by atoms with Crippen molar-refractivity contribution >= 4 is 10.9 Å². The van der Waals surface area contributed by atoms with Crippen LogP contribution in [0.5, 0.6) is 0 Å². The second kappa shape index (κ2) is 9.01. The summed E-state index contributed by atoms with van der Waals surface area (Å²) in [5.41, 5.74) is 0.973. The summed E-state index contributed by atoms with van der Waals surface area (Å²) in [6, 6.07) is 5.03. The lowest BCUT2D eigenvalue weighted by atomic mass is 9.43. The summed E-state index contributed by atoms with van der Waals surface area (Å²) in [6.45, 7) is 7.40. The van der Waals surface area contributed by atoms with E-state index in [0.29, 0.717) is 41.0 Å². The Morgan fingerprint density at radius 2 is 1.81 bits per heavy atom. The lowest BCUT2D eigenvalue weighted by Crippen LogP contribution is -2.58. The summed E-state index contributed by atoms with van der Waals surface area (Å²) >= 11 is 0. The molecule has 0 bridgehead atoms. The van der Waals surface area contributed by atoms with Crippen LogP contribution in [-0.2, 0) is 6.42 Å². The molecule has 4 saturated carbocycles. The van der Waals surface area contributed by atoms with E-state index >= 15 is 0 Å². The molecule has 196 valence electrons. The van der Waals surface area contributed by atoms with Crippen molar-refractivity contribution < 1.29 is 14.6 Å². The summed E-state index contributed by atoms with van der Waals surface area (Å²) in [6.07, 6.45) is 11.9. The summed E-state index contributed by atoms with van der Waals surface area (Å²) in [5, 5.41) is 22.5. The van der Waals surface area contributed by atoms with Crippen molar-refractivity contribution in [2.45, 2.75) is 97.2 Å². The molecule has 1 unspecified atom stereocenters. The first kappa shape index (κ1) is 24.7. The highest BCUT2D eigenvalue weighted by atomic mass is 19.1. The van der Waals surface area contributed by atoms with Crippen molar-refractivity contribution in [3.63, 3.8) is 0 Å². The number of aliphatic hydroxyl groups is 2. The van der Waals surface area contributed by atoms with Crippen LogP contribution in [0.2, 0.25) is 0 Å². The molecule has 4 fully saturated rings. The molecular weight excluding hydrogens is 451 g/mol. The fraction of sp³-hybridized carbons (Fsp3) is 0.742. The Morgan fingerprint density at radius 3 is 2.64 bits per heavy atom. The maximum Gasteiger partial charge on any atom is 0.149 e. The number of hydrogen-bond acceptors (Lipinski definition) is 4. The van der Waals surface area contributed by atoms with Crippen LogP contribution in [0, 0.1) is 52.2 Å². The van der Waals surface area contributed by atoms with Gasteiger partial charge in [-0.25, -0.2) is 14.4 Å². The first-order chi connectivity index (χ1) is 17.2. The quantitative estimate of drug-likeness (QED) is 0.521. The van der Waals surface area contributed by atoms with Crippen LogP contribution in [-0.4, -0.2) is 32.4 Å². The minimum atomic E-state index is -0.276. The number of aromatic nitrogens is 2. The van der Waals surface area contributed by atoms with Crippen molar-refractivity contribution in [3.8, 4) is 0 Å². The number of halogens is 1. The van der Waals surface area contributed by atoms with E-state index in [1.165, 1.54) is 31.7 Å². The fourth-order valence-electron chi connectivity index (χ4n) is 9.91. The smallest absolute Gasteiger partial charge is 0.149 e. The minimum absolute atomic E-state index is 0.180. The molecule has 0 spiro atoms. The van der Waals surface area contributed by atoms with E-state index < -0.39 is 0 Å². The largest absolute Gasteiger partial charge is 0.393 e. The van der Waals surface area contributed by atoms with Crippen LogP contribution in [0.1, 0.15) is 84.4 Å². The molecule has 4 nitrogen and oxygen atoms in total. The molecule has 4 aliphatic carbocycles. The van der Waals surface area contributed by atoms with Crippen LogP contribution in [0.3, 0.4) is 0 Å². The topological polar surface area (TPSA) is 66.2 Å². The zero-order chi connectivity index (χ0) is 25.2. The molecule has 0 saturated heterocycles. The lowest BCUT2D eigenvalue weighted by Gasteiger charge is -2.62. The average Bonchev–Trinajstić information content (AvgIpc) is 3.21. The molecule has 1 heterocycles. The van der Waals surface area contributed by atoms with Crippen molar-refractivity contribution in [1.29, 1.82) is 0 Å². The molecule has 6 rings (SSSR count). The predicted molar refractivity (Wildman–Crippen MR) is 140 cm³/mol. The predicted octanol–water partition coefficient (Wildman–Crippen LogP) is 6.33. The molecule has 36 heavy (non-hydrogen) atoms. The van der Waals surface area contributed by atoms with Gasteiger partial charge in [-0.05, 0) is 110 Å². The maximum atomic E-state index is 14.2. The van der Waals surface area contributed by atoms with Crippen LogP contribution in [0.25, 0.3) is 10.9 Å². The SMILES string of the molecule is C[C@H](CCc1ncc2cccc(F)c2n1)[C@H]1CC[C@H]2[C@H]3C(CC[C@]12C)[C@@]1(C)CC[C@@H](O)C[C@H]1C[C@@H]3O. The first-order valence-corrected chi connectivity index (χ1v) is 14.5. The molecule has 2 N–H and O–H groups in total. The van der Waals surface area contributed by atoms with Gasteiger partial charge in [-0.15, -0.1) is 0 Å². The molecule has 0 radical (unpaired) electrons. The highest BCUT2D eigenvalue weighted by Gasteiger charge is 2.62. The van der Waals surface area contributed by atoms with E-state index in [9.17, 15) is 14.6 Å². The van der Waals surface area contributed by atoms with Crippen molar-refractivity contribution in [3.05, 3.63) is 36.0 Å². The van der Waals surface area contributed by atoms with Gasteiger partial charge in [0.1, 0.15) is 17.2 Å². The van der Waals surface area contributed by atoms with Gasteiger partial charge in [0.2, 0.25) is 0 Å². The minimum Gasteiger partial charge on any atom is -0.393 e. The molecular formula is C31H43FN2O2. The van der Waals surface area contributed by atoms with E-state index in [1.807, 2.05) is 6.07 Å². The third-order valence-electron chi connectivity index (χ3n) is 11.9. The zero-order valence-corrected chi connectivity index (χ0v) is 22.2. The number of rotatable bonds is 4. The fourth-order valence-corrected chi connectivity index (χ4v) is 9.91. The number of para-hydroxylation sites is 1. The van der Waals surface area contributed by atoms with Crippen molar-refractivity contribution in [2.75, 3.05) is 0 Å². The molecule has 2 aromatic rings. The second-order valence-electron chi connectivity index (χ2n) is 13.4. The highest BCUT2D eigenvalue weighted by Crippen LogP contribution is 2.68. The van der Waals surface area contributed by atoms with Crippen LogP contribution in [0.15, 0.2) is 24.4 Å². The first-order valence-electron chi connectivity index (χ1n) is 14.5. The molecule has 0 amide bonds. The molecule has 1 aromatic carbocycles. The Morgan fingerprint density at radius 1 is 1.03 bits per heavy atom. The van der Waals surface area contributed by atoms with Gasteiger partial charge in [0.15, 0.2) is 0 Å². The third kappa shape index (κ3) is 3.83. The Bertz CT molecular complexity index is 1120. The van der Waals surface area contributed by atoms with Crippen molar-refractivity contribution in [1.82, 2.24) is 9.97 Å². The third-order valence-corrected chi connectivity index (χ3v) is 11.9. The Hall–Kier alpha value is -1.59. The number of nitrogens with zero attached hydrogens (tertiary/aromatic N) is 2.